The number of rotatable bonds is 2. The number of carbonyl (C=O) groups is 1. The molecule has 0 amide bonds. The maximum atomic E-state index is 10.9. The molecule has 0 saturated carbocycles. The Balaban J connectivity index is 3.03. The SMILES string of the molecule is CC(=O)C(N)c1scc(C)c1Cl. The molecule has 0 spiro atoms. The Hall–Kier alpha value is -0.380. The van der Waals surface area contributed by atoms with Gasteiger partial charge < -0.3 is 5.73 Å². The molecule has 1 aromatic heterocycles. The van der Waals surface area contributed by atoms with E-state index in [1.54, 1.807) is 0 Å². The normalized spacial score (nSPS) is 13.0. The fourth-order valence-electron chi connectivity index (χ4n) is 0.844. The maximum absolute atomic E-state index is 10.9. The van der Waals surface area contributed by atoms with Gasteiger partial charge in [-0.05, 0) is 24.8 Å². The van der Waals surface area contributed by atoms with Crippen molar-refractivity contribution in [2.45, 2.75) is 19.9 Å². The van der Waals surface area contributed by atoms with Gasteiger partial charge in [-0.2, -0.15) is 0 Å². The van der Waals surface area contributed by atoms with Crippen LogP contribution in [0.15, 0.2) is 5.38 Å². The number of Topliss-reactive ketones (excluding diaryl/α,β-unsaturated/α-hetero) is 1. The minimum Gasteiger partial charge on any atom is -0.317 e. The summed E-state index contributed by atoms with van der Waals surface area (Å²) >= 11 is 7.36. The van der Waals surface area contributed by atoms with Gasteiger partial charge in [0.25, 0.3) is 0 Å². The van der Waals surface area contributed by atoms with E-state index in [0.717, 1.165) is 10.4 Å². The van der Waals surface area contributed by atoms with Gasteiger partial charge in [0, 0.05) is 4.88 Å². The molecule has 66 valence electrons. The lowest BCUT2D eigenvalue weighted by Crippen LogP contribution is -2.17. The standard InChI is InChI=1S/C8H10ClNOS/c1-4-3-12-8(6(4)9)7(10)5(2)11/h3,7H,10H2,1-2H3. The average molecular weight is 204 g/mol. The van der Waals surface area contributed by atoms with E-state index in [-0.39, 0.29) is 5.78 Å². The van der Waals surface area contributed by atoms with Crippen molar-refractivity contribution in [3.05, 3.63) is 20.8 Å². The van der Waals surface area contributed by atoms with Crippen LogP contribution < -0.4 is 5.73 Å². The van der Waals surface area contributed by atoms with E-state index >= 15 is 0 Å². The van der Waals surface area contributed by atoms with Crippen molar-refractivity contribution < 1.29 is 4.79 Å². The van der Waals surface area contributed by atoms with E-state index in [9.17, 15) is 4.79 Å². The number of thiophene rings is 1. The highest BCUT2D eigenvalue weighted by atomic mass is 35.5. The first-order chi connectivity index (χ1) is 5.54. The highest BCUT2D eigenvalue weighted by Crippen LogP contribution is 2.31. The molecule has 0 aliphatic carbocycles. The van der Waals surface area contributed by atoms with E-state index in [1.165, 1.54) is 18.3 Å². The van der Waals surface area contributed by atoms with Crippen LogP contribution in [0.1, 0.15) is 23.4 Å². The van der Waals surface area contributed by atoms with Crippen molar-refractivity contribution in [3.63, 3.8) is 0 Å². The van der Waals surface area contributed by atoms with Crippen LogP contribution in [0.2, 0.25) is 5.02 Å². The van der Waals surface area contributed by atoms with E-state index in [4.69, 9.17) is 17.3 Å². The highest BCUT2D eigenvalue weighted by Gasteiger charge is 2.17. The lowest BCUT2D eigenvalue weighted by Gasteiger charge is -2.04. The molecule has 4 heteroatoms. The number of carbonyl (C=O) groups excluding carboxylic acids is 1. The third-order valence-corrected chi connectivity index (χ3v) is 3.44. The molecule has 0 aliphatic heterocycles. The van der Waals surface area contributed by atoms with Gasteiger partial charge in [0.2, 0.25) is 0 Å². The number of halogens is 1. The molecule has 1 aromatic rings. The molecular weight excluding hydrogens is 194 g/mol. The van der Waals surface area contributed by atoms with Crippen molar-refractivity contribution in [1.82, 2.24) is 0 Å². The lowest BCUT2D eigenvalue weighted by atomic mass is 10.2. The zero-order chi connectivity index (χ0) is 9.30. The Labute approximate surface area is 80.3 Å². The fourth-order valence-corrected chi connectivity index (χ4v) is 2.21. The minimum atomic E-state index is -0.559. The Morgan fingerprint density at radius 1 is 1.75 bits per heavy atom. The number of nitrogens with two attached hydrogens (primary N) is 1. The zero-order valence-corrected chi connectivity index (χ0v) is 8.50. The van der Waals surface area contributed by atoms with Crippen molar-refractivity contribution in [2.75, 3.05) is 0 Å². The largest absolute Gasteiger partial charge is 0.317 e. The molecule has 1 unspecified atom stereocenters. The second-order valence-corrected chi connectivity index (χ2v) is 3.97. The van der Waals surface area contributed by atoms with Gasteiger partial charge in [0.15, 0.2) is 5.78 Å². The van der Waals surface area contributed by atoms with Crippen LogP contribution in [-0.4, -0.2) is 5.78 Å². The molecule has 1 heterocycles. The quantitative estimate of drug-likeness (QED) is 0.802. The molecule has 12 heavy (non-hydrogen) atoms. The maximum Gasteiger partial charge on any atom is 0.151 e. The van der Waals surface area contributed by atoms with Crippen molar-refractivity contribution in [2.24, 2.45) is 5.73 Å². The Morgan fingerprint density at radius 2 is 2.33 bits per heavy atom. The molecule has 0 aromatic carbocycles. The third-order valence-electron chi connectivity index (χ3n) is 1.65. The summed E-state index contributed by atoms with van der Waals surface area (Å²) in [7, 11) is 0. The molecule has 0 bridgehead atoms. The van der Waals surface area contributed by atoms with Gasteiger partial charge in [-0.15, -0.1) is 11.3 Å². The molecule has 0 saturated heterocycles. The summed E-state index contributed by atoms with van der Waals surface area (Å²) in [6.45, 7) is 3.37. The average Bonchev–Trinajstić information content (AvgIpc) is 2.32. The van der Waals surface area contributed by atoms with Crippen LogP contribution in [-0.2, 0) is 4.79 Å². The van der Waals surface area contributed by atoms with Crippen LogP contribution in [0.4, 0.5) is 0 Å². The van der Waals surface area contributed by atoms with Gasteiger partial charge >= 0.3 is 0 Å². The molecule has 2 N–H and O–H groups in total. The number of hydrogen-bond acceptors (Lipinski definition) is 3. The summed E-state index contributed by atoms with van der Waals surface area (Å²) in [5.74, 6) is -0.0567. The molecule has 0 radical (unpaired) electrons. The first-order valence-electron chi connectivity index (χ1n) is 3.53. The summed E-state index contributed by atoms with van der Waals surface area (Å²) in [6.07, 6.45) is 0. The van der Waals surface area contributed by atoms with Crippen molar-refractivity contribution in [3.8, 4) is 0 Å². The van der Waals surface area contributed by atoms with E-state index in [0.29, 0.717) is 5.02 Å². The Kier molecular flexibility index (Phi) is 2.88. The molecule has 0 aliphatic rings. The smallest absolute Gasteiger partial charge is 0.151 e. The number of ketones is 1. The van der Waals surface area contributed by atoms with Crippen molar-refractivity contribution in [1.29, 1.82) is 0 Å². The van der Waals surface area contributed by atoms with Gasteiger partial charge in [0.05, 0.1) is 11.1 Å². The first-order valence-corrected chi connectivity index (χ1v) is 4.79. The van der Waals surface area contributed by atoms with Crippen LogP contribution in [0.5, 0.6) is 0 Å². The van der Waals surface area contributed by atoms with Crippen molar-refractivity contribution >= 4 is 28.7 Å². The molecule has 2 nitrogen and oxygen atoms in total. The predicted molar refractivity (Wildman–Crippen MR) is 51.7 cm³/mol. The number of hydrogen-bond donors (Lipinski definition) is 1. The Morgan fingerprint density at radius 3 is 2.67 bits per heavy atom. The molecule has 0 fully saturated rings. The fraction of sp³-hybridized carbons (Fsp3) is 0.375. The van der Waals surface area contributed by atoms with Gasteiger partial charge in [0.1, 0.15) is 0 Å². The molecule has 1 rings (SSSR count). The lowest BCUT2D eigenvalue weighted by molar-refractivity contribution is -0.118. The minimum absolute atomic E-state index is 0.0567. The summed E-state index contributed by atoms with van der Waals surface area (Å²) in [5.41, 5.74) is 6.61. The third kappa shape index (κ3) is 1.68. The zero-order valence-electron chi connectivity index (χ0n) is 6.93. The Bertz CT molecular complexity index is 308. The summed E-state index contributed by atoms with van der Waals surface area (Å²) in [5, 5.41) is 2.53. The second-order valence-electron chi connectivity index (χ2n) is 2.69. The van der Waals surface area contributed by atoms with Gasteiger partial charge in [-0.1, -0.05) is 11.6 Å². The van der Waals surface area contributed by atoms with Crippen LogP contribution in [0.25, 0.3) is 0 Å². The first kappa shape index (κ1) is 9.71. The summed E-state index contributed by atoms with van der Waals surface area (Å²) in [4.78, 5) is 11.7. The molecule has 1 atom stereocenters. The topological polar surface area (TPSA) is 43.1 Å². The monoisotopic (exact) mass is 203 g/mol. The van der Waals surface area contributed by atoms with Gasteiger partial charge in [-0.25, -0.2) is 0 Å². The summed E-state index contributed by atoms with van der Waals surface area (Å²) in [6, 6.07) is -0.559. The van der Waals surface area contributed by atoms with Crippen LogP contribution in [0.3, 0.4) is 0 Å². The predicted octanol–water partition coefficient (Wildman–Crippen LogP) is 2.30. The van der Waals surface area contributed by atoms with Crippen LogP contribution >= 0.6 is 22.9 Å². The van der Waals surface area contributed by atoms with Gasteiger partial charge in [-0.3, -0.25) is 4.79 Å². The number of aryl methyl sites for hydroxylation is 1. The molecular formula is C8H10ClNOS. The van der Waals surface area contributed by atoms with E-state index < -0.39 is 6.04 Å². The van der Waals surface area contributed by atoms with Crippen LogP contribution in [0, 0.1) is 6.92 Å². The van der Waals surface area contributed by atoms with E-state index in [1.807, 2.05) is 12.3 Å². The highest BCUT2D eigenvalue weighted by molar-refractivity contribution is 7.11. The second kappa shape index (κ2) is 3.56. The summed E-state index contributed by atoms with van der Waals surface area (Å²) < 4.78 is 0. The van der Waals surface area contributed by atoms with E-state index in [2.05, 4.69) is 0 Å².